The zero-order valence-corrected chi connectivity index (χ0v) is 18.3. The number of benzene rings is 2. The Labute approximate surface area is 186 Å². The molecular formula is C23H26N8O. The first-order chi connectivity index (χ1) is 15.5. The number of aromatic amines is 1. The van der Waals surface area contributed by atoms with E-state index in [4.69, 9.17) is 0 Å². The average molecular weight is 431 g/mol. The molecule has 0 radical (unpaired) electrons. The van der Waals surface area contributed by atoms with Crippen molar-refractivity contribution in [3.8, 4) is 0 Å². The van der Waals surface area contributed by atoms with E-state index in [1.165, 1.54) is 11.2 Å². The van der Waals surface area contributed by atoms with Crippen molar-refractivity contribution in [1.82, 2.24) is 30.4 Å². The van der Waals surface area contributed by atoms with Gasteiger partial charge in [-0.25, -0.2) is 14.8 Å². The highest BCUT2D eigenvalue weighted by atomic mass is 16.2. The molecule has 4 rings (SSSR count). The van der Waals surface area contributed by atoms with Crippen molar-refractivity contribution in [2.75, 3.05) is 24.7 Å². The van der Waals surface area contributed by atoms with Crippen molar-refractivity contribution in [1.29, 1.82) is 0 Å². The minimum absolute atomic E-state index is 0.0636. The third-order valence-corrected chi connectivity index (χ3v) is 5.08. The summed E-state index contributed by atoms with van der Waals surface area (Å²) < 4.78 is 0. The Morgan fingerprint density at radius 3 is 2.50 bits per heavy atom. The second-order valence-electron chi connectivity index (χ2n) is 7.67. The highest BCUT2D eigenvalue weighted by Gasteiger charge is 2.15. The molecule has 2 aromatic heterocycles. The Morgan fingerprint density at radius 1 is 1.03 bits per heavy atom. The Hall–Kier alpha value is -4.14. The van der Waals surface area contributed by atoms with Crippen molar-refractivity contribution in [3.63, 3.8) is 0 Å². The third kappa shape index (κ3) is 4.77. The van der Waals surface area contributed by atoms with Crippen LogP contribution in [-0.2, 0) is 6.54 Å². The molecule has 9 heteroatoms. The molecule has 0 bridgehead atoms. The number of anilines is 3. The number of carbonyl (C=O) groups excluding carboxylic acids is 1. The number of urea groups is 1. The fourth-order valence-electron chi connectivity index (χ4n) is 3.27. The summed E-state index contributed by atoms with van der Waals surface area (Å²) in [5.41, 5.74) is 3.68. The number of nitrogens with zero attached hydrogens (tertiary/aromatic N) is 4. The van der Waals surface area contributed by atoms with E-state index in [1.54, 1.807) is 14.1 Å². The molecule has 0 spiro atoms. The van der Waals surface area contributed by atoms with Crippen LogP contribution < -0.4 is 16.0 Å². The van der Waals surface area contributed by atoms with E-state index in [0.29, 0.717) is 23.8 Å². The van der Waals surface area contributed by atoms with Crippen molar-refractivity contribution >= 4 is 34.4 Å². The number of hydrogen-bond acceptors (Lipinski definition) is 6. The van der Waals surface area contributed by atoms with Crippen LogP contribution in [-0.4, -0.2) is 45.2 Å². The van der Waals surface area contributed by atoms with Gasteiger partial charge >= 0.3 is 6.03 Å². The maximum absolute atomic E-state index is 11.7. The highest BCUT2D eigenvalue weighted by molar-refractivity contribution is 5.97. The lowest BCUT2D eigenvalue weighted by Crippen LogP contribution is -2.33. The number of amides is 2. The second kappa shape index (κ2) is 9.34. The molecule has 0 saturated heterocycles. The average Bonchev–Trinajstić information content (AvgIpc) is 3.22. The van der Waals surface area contributed by atoms with Crippen LogP contribution in [0.1, 0.15) is 24.1 Å². The van der Waals surface area contributed by atoms with Crippen molar-refractivity contribution in [2.24, 2.45) is 0 Å². The molecule has 2 amide bonds. The molecule has 32 heavy (non-hydrogen) atoms. The van der Waals surface area contributed by atoms with Gasteiger partial charge in [-0.2, -0.15) is 5.10 Å². The van der Waals surface area contributed by atoms with Crippen LogP contribution in [0, 0.1) is 0 Å². The first kappa shape index (κ1) is 21.1. The van der Waals surface area contributed by atoms with Gasteiger partial charge in [-0.15, -0.1) is 0 Å². The number of rotatable bonds is 7. The molecule has 164 valence electrons. The number of carbonyl (C=O) groups is 1. The minimum Gasteiger partial charge on any atom is -0.363 e. The molecule has 0 fully saturated rings. The summed E-state index contributed by atoms with van der Waals surface area (Å²) in [5, 5.41) is 17.8. The van der Waals surface area contributed by atoms with Gasteiger partial charge in [0.15, 0.2) is 11.5 Å². The van der Waals surface area contributed by atoms with Crippen molar-refractivity contribution in [2.45, 2.75) is 19.5 Å². The Morgan fingerprint density at radius 2 is 1.78 bits per heavy atom. The van der Waals surface area contributed by atoms with Crippen LogP contribution in [0.2, 0.25) is 0 Å². The normalized spacial score (nSPS) is 11.7. The van der Waals surface area contributed by atoms with Gasteiger partial charge in [0.25, 0.3) is 0 Å². The van der Waals surface area contributed by atoms with Gasteiger partial charge in [0.2, 0.25) is 0 Å². The first-order valence-corrected chi connectivity index (χ1v) is 10.3. The van der Waals surface area contributed by atoms with Crippen LogP contribution in [0.5, 0.6) is 0 Å². The number of fused-ring (bicyclic) bond motifs is 1. The molecule has 0 saturated carbocycles. The Balaban J connectivity index is 1.51. The molecule has 0 aliphatic rings. The van der Waals surface area contributed by atoms with Crippen LogP contribution in [0.25, 0.3) is 11.0 Å². The SMILES string of the molecule is C[C@@H](Nc1ncnc2[nH]nc(Nc3ccc(CNC(=O)N(C)C)cc3)c12)c1ccccc1. The van der Waals surface area contributed by atoms with Crippen LogP contribution in [0.4, 0.5) is 22.1 Å². The molecule has 2 aromatic carbocycles. The summed E-state index contributed by atoms with van der Waals surface area (Å²) in [5.74, 6) is 1.34. The fourth-order valence-corrected chi connectivity index (χ4v) is 3.27. The number of hydrogen-bond donors (Lipinski definition) is 4. The third-order valence-electron chi connectivity index (χ3n) is 5.08. The lowest BCUT2D eigenvalue weighted by Gasteiger charge is -2.16. The summed E-state index contributed by atoms with van der Waals surface area (Å²) in [4.78, 5) is 21.9. The first-order valence-electron chi connectivity index (χ1n) is 10.3. The topological polar surface area (TPSA) is 111 Å². The van der Waals surface area contributed by atoms with Gasteiger partial charge in [0, 0.05) is 32.4 Å². The van der Waals surface area contributed by atoms with E-state index in [0.717, 1.165) is 22.2 Å². The quantitative estimate of drug-likeness (QED) is 0.352. The van der Waals surface area contributed by atoms with Crippen molar-refractivity contribution in [3.05, 3.63) is 72.1 Å². The maximum Gasteiger partial charge on any atom is 0.317 e. The zero-order chi connectivity index (χ0) is 22.5. The molecule has 0 aliphatic carbocycles. The van der Waals surface area contributed by atoms with Crippen molar-refractivity contribution < 1.29 is 4.79 Å². The van der Waals surface area contributed by atoms with Gasteiger partial charge < -0.3 is 20.9 Å². The monoisotopic (exact) mass is 430 g/mol. The molecule has 2 heterocycles. The minimum atomic E-state index is -0.125. The summed E-state index contributed by atoms with van der Waals surface area (Å²) >= 11 is 0. The highest BCUT2D eigenvalue weighted by Crippen LogP contribution is 2.30. The van der Waals surface area contributed by atoms with Gasteiger partial charge in [-0.05, 0) is 30.2 Å². The van der Waals surface area contributed by atoms with E-state index < -0.39 is 0 Å². The van der Waals surface area contributed by atoms with Gasteiger partial charge in [0.1, 0.15) is 17.5 Å². The predicted octanol–water partition coefficient (Wildman–Crippen LogP) is 4.04. The predicted molar refractivity (Wildman–Crippen MR) is 126 cm³/mol. The lowest BCUT2D eigenvalue weighted by molar-refractivity contribution is 0.217. The van der Waals surface area contributed by atoms with Crippen LogP contribution in [0.3, 0.4) is 0 Å². The molecule has 1 atom stereocenters. The second-order valence-corrected chi connectivity index (χ2v) is 7.67. The van der Waals surface area contributed by atoms with E-state index in [9.17, 15) is 4.79 Å². The summed E-state index contributed by atoms with van der Waals surface area (Å²) in [6.07, 6.45) is 1.52. The molecule has 0 aliphatic heterocycles. The van der Waals surface area contributed by atoms with E-state index in [1.807, 2.05) is 42.5 Å². The Kier molecular flexibility index (Phi) is 6.16. The van der Waals surface area contributed by atoms with E-state index in [2.05, 4.69) is 55.2 Å². The Bertz CT molecular complexity index is 1190. The van der Waals surface area contributed by atoms with Crippen LogP contribution >= 0.6 is 0 Å². The maximum atomic E-state index is 11.7. The number of aromatic nitrogens is 4. The summed E-state index contributed by atoms with van der Waals surface area (Å²) in [7, 11) is 3.42. The lowest BCUT2D eigenvalue weighted by atomic mass is 10.1. The largest absolute Gasteiger partial charge is 0.363 e. The summed E-state index contributed by atoms with van der Waals surface area (Å²) in [6, 6.07) is 17.9. The molecule has 4 aromatic rings. The van der Waals surface area contributed by atoms with Gasteiger partial charge in [0.05, 0.1) is 0 Å². The number of H-pyrrole nitrogens is 1. The van der Waals surface area contributed by atoms with Crippen LogP contribution in [0.15, 0.2) is 60.9 Å². The van der Waals surface area contributed by atoms with Gasteiger partial charge in [-0.1, -0.05) is 42.5 Å². The fraction of sp³-hybridized carbons (Fsp3) is 0.217. The standard InChI is InChI=1S/C23H26N8O/c1-15(17-7-5-4-6-8-17)27-20-19-21(26-14-25-20)29-30-22(19)28-18-11-9-16(10-12-18)13-24-23(32)31(2)3/h4-12,14-15H,13H2,1-3H3,(H,24,32)(H3,25,26,27,28,29,30)/t15-/m1/s1. The molecular weight excluding hydrogens is 404 g/mol. The molecule has 0 unspecified atom stereocenters. The van der Waals surface area contributed by atoms with E-state index in [-0.39, 0.29) is 12.1 Å². The van der Waals surface area contributed by atoms with E-state index >= 15 is 0 Å². The molecule has 9 nitrogen and oxygen atoms in total. The zero-order valence-electron chi connectivity index (χ0n) is 18.3. The van der Waals surface area contributed by atoms with Gasteiger partial charge in [-0.3, -0.25) is 5.10 Å². The summed E-state index contributed by atoms with van der Waals surface area (Å²) in [6.45, 7) is 2.55. The smallest absolute Gasteiger partial charge is 0.317 e. The molecule has 4 N–H and O–H groups in total. The number of nitrogens with one attached hydrogen (secondary N) is 4.